The molecule has 0 N–H and O–H groups in total. The Balaban J connectivity index is 1.15. The largest absolute Gasteiger partial charge is 0.472 e. The van der Waals surface area contributed by atoms with Crippen LogP contribution in [-0.4, -0.2) is 36.3 Å². The summed E-state index contributed by atoms with van der Waals surface area (Å²) in [4.78, 5) is 30.0. The molecule has 7 heteroatoms. The molecule has 39 heavy (non-hydrogen) atoms. The summed E-state index contributed by atoms with van der Waals surface area (Å²) in [5.74, 6) is 0.844. The molecule has 6 nitrogen and oxygen atoms in total. The zero-order valence-corrected chi connectivity index (χ0v) is 21.3. The monoisotopic (exact) mass is 522 g/mol. The van der Waals surface area contributed by atoms with Gasteiger partial charge in [-0.25, -0.2) is 4.39 Å². The van der Waals surface area contributed by atoms with Gasteiger partial charge in [-0.05, 0) is 85.1 Å². The molecule has 3 heterocycles. The molecule has 0 aliphatic carbocycles. The summed E-state index contributed by atoms with van der Waals surface area (Å²) in [5, 5.41) is 0. The van der Waals surface area contributed by atoms with Gasteiger partial charge in [0.1, 0.15) is 17.3 Å². The second-order valence-corrected chi connectivity index (χ2v) is 9.99. The average Bonchev–Trinajstić information content (AvgIpc) is 3.60. The minimum absolute atomic E-state index is 0.0513. The number of amides is 2. The molecule has 0 atom stereocenters. The molecule has 4 aromatic rings. The van der Waals surface area contributed by atoms with Crippen molar-refractivity contribution in [1.29, 1.82) is 0 Å². The summed E-state index contributed by atoms with van der Waals surface area (Å²) in [6, 6.07) is 23.0. The summed E-state index contributed by atoms with van der Waals surface area (Å²) in [6.45, 7) is 1.49. The second kappa shape index (κ2) is 10.3. The first-order chi connectivity index (χ1) is 19.0. The topological polar surface area (TPSA) is 63.0 Å². The number of halogens is 1. The van der Waals surface area contributed by atoms with Crippen molar-refractivity contribution >= 4 is 23.6 Å². The molecule has 0 radical (unpaired) electrons. The van der Waals surface area contributed by atoms with Gasteiger partial charge in [0.05, 0.1) is 12.5 Å². The number of carbonyl (C=O) groups excluding carboxylic acids is 2. The van der Waals surface area contributed by atoms with E-state index < -0.39 is 5.41 Å². The number of likely N-dealkylation sites (tertiary alicyclic amines) is 1. The van der Waals surface area contributed by atoms with Crippen LogP contribution < -0.4 is 9.64 Å². The SMILES string of the molecule is O=C(c1ccc(Oc2ccccc2)cc1)N1CCC2(CC1)CN(C(=O)/C=C/c1ccoc1)c1ccc(F)cc12. The number of benzene rings is 3. The lowest BCUT2D eigenvalue weighted by atomic mass is 9.74. The molecule has 0 saturated carbocycles. The van der Waals surface area contributed by atoms with E-state index in [-0.39, 0.29) is 17.6 Å². The number of hydrogen-bond donors (Lipinski definition) is 0. The number of carbonyl (C=O) groups is 2. The average molecular weight is 523 g/mol. The summed E-state index contributed by atoms with van der Waals surface area (Å²) >= 11 is 0. The van der Waals surface area contributed by atoms with Gasteiger partial charge in [-0.1, -0.05) is 18.2 Å². The molecule has 2 aliphatic rings. The van der Waals surface area contributed by atoms with Crippen molar-refractivity contribution in [3.63, 3.8) is 0 Å². The number of nitrogens with zero attached hydrogens (tertiary/aromatic N) is 2. The number of piperidine rings is 1. The Kier molecular flexibility index (Phi) is 6.49. The van der Waals surface area contributed by atoms with Crippen LogP contribution in [0.15, 0.2) is 102 Å². The van der Waals surface area contributed by atoms with Crippen LogP contribution in [0.25, 0.3) is 6.08 Å². The maximum absolute atomic E-state index is 14.4. The molecule has 0 unspecified atom stereocenters. The maximum atomic E-state index is 14.4. The zero-order valence-electron chi connectivity index (χ0n) is 21.3. The number of rotatable bonds is 5. The fourth-order valence-corrected chi connectivity index (χ4v) is 5.50. The molecule has 1 spiro atoms. The molecule has 1 saturated heterocycles. The summed E-state index contributed by atoms with van der Waals surface area (Å²) in [6.07, 6.45) is 7.61. The van der Waals surface area contributed by atoms with Crippen molar-refractivity contribution in [3.05, 3.63) is 120 Å². The lowest BCUT2D eigenvalue weighted by molar-refractivity contribution is -0.114. The molecule has 2 amide bonds. The second-order valence-electron chi connectivity index (χ2n) is 9.99. The number of fused-ring (bicyclic) bond motifs is 2. The fourth-order valence-electron chi connectivity index (χ4n) is 5.50. The van der Waals surface area contributed by atoms with Gasteiger partial charge < -0.3 is 19.0 Å². The van der Waals surface area contributed by atoms with Gasteiger partial charge in [0.2, 0.25) is 0 Å². The number of hydrogen-bond acceptors (Lipinski definition) is 4. The Morgan fingerprint density at radius 1 is 0.923 bits per heavy atom. The lowest BCUT2D eigenvalue weighted by Crippen LogP contribution is -2.47. The third-order valence-electron chi connectivity index (χ3n) is 7.60. The molecule has 196 valence electrons. The first-order valence-corrected chi connectivity index (χ1v) is 12.9. The van der Waals surface area contributed by atoms with Crippen LogP contribution in [0, 0.1) is 5.82 Å². The van der Waals surface area contributed by atoms with Crippen LogP contribution in [-0.2, 0) is 10.2 Å². The zero-order chi connectivity index (χ0) is 26.8. The predicted molar refractivity (Wildman–Crippen MR) is 146 cm³/mol. The van der Waals surface area contributed by atoms with Gasteiger partial charge in [-0.15, -0.1) is 0 Å². The highest BCUT2D eigenvalue weighted by molar-refractivity contribution is 6.05. The third kappa shape index (κ3) is 4.95. The van der Waals surface area contributed by atoms with E-state index in [1.807, 2.05) is 35.2 Å². The van der Waals surface area contributed by atoms with E-state index in [1.165, 1.54) is 12.1 Å². The van der Waals surface area contributed by atoms with Gasteiger partial charge in [-0.3, -0.25) is 9.59 Å². The highest BCUT2D eigenvalue weighted by Crippen LogP contribution is 2.47. The van der Waals surface area contributed by atoms with Crippen LogP contribution in [0.2, 0.25) is 0 Å². The quantitative estimate of drug-likeness (QED) is 0.283. The number of ether oxygens (including phenoxy) is 1. The van der Waals surface area contributed by atoms with Crippen LogP contribution in [0.5, 0.6) is 11.5 Å². The Hall–Kier alpha value is -4.65. The van der Waals surface area contributed by atoms with Gasteiger partial charge in [-0.2, -0.15) is 0 Å². The number of anilines is 1. The van der Waals surface area contributed by atoms with Crippen LogP contribution >= 0.6 is 0 Å². The van der Waals surface area contributed by atoms with E-state index in [1.54, 1.807) is 66.0 Å². The molecule has 6 rings (SSSR count). The summed E-state index contributed by atoms with van der Waals surface area (Å²) in [7, 11) is 0. The minimum atomic E-state index is -0.402. The molecule has 2 aliphatic heterocycles. The number of furan rings is 1. The molecule has 3 aromatic carbocycles. The normalized spacial score (nSPS) is 16.0. The molecular formula is C32H27FN2O4. The fraction of sp³-hybridized carbons (Fsp3) is 0.188. The standard InChI is InChI=1S/C32H27FN2O4/c33-25-9-12-29-28(20-25)32(22-35(29)30(36)13-6-23-14-19-38-21-23)15-17-34(18-16-32)31(37)24-7-10-27(11-8-24)39-26-4-2-1-3-5-26/h1-14,19-21H,15-18,22H2/b13-6+. The van der Waals surface area contributed by atoms with Crippen LogP contribution in [0.4, 0.5) is 10.1 Å². The van der Waals surface area contributed by atoms with E-state index in [4.69, 9.17) is 9.15 Å². The summed E-state index contributed by atoms with van der Waals surface area (Å²) < 4.78 is 25.3. The Morgan fingerprint density at radius 3 is 2.38 bits per heavy atom. The Labute approximate surface area is 225 Å². The van der Waals surface area contributed by atoms with Crippen molar-refractivity contribution in [1.82, 2.24) is 4.90 Å². The molecule has 1 aromatic heterocycles. The Bertz CT molecular complexity index is 1510. The van der Waals surface area contributed by atoms with Gasteiger partial charge in [0, 0.05) is 47.9 Å². The molecule has 0 bridgehead atoms. The van der Waals surface area contributed by atoms with E-state index in [0.717, 1.165) is 22.6 Å². The van der Waals surface area contributed by atoms with Gasteiger partial charge in [0.15, 0.2) is 0 Å². The molecular weight excluding hydrogens is 495 g/mol. The number of para-hydroxylation sites is 1. The highest BCUT2D eigenvalue weighted by atomic mass is 19.1. The third-order valence-corrected chi connectivity index (χ3v) is 7.60. The van der Waals surface area contributed by atoms with E-state index in [2.05, 4.69) is 0 Å². The first kappa shape index (κ1) is 24.7. The highest BCUT2D eigenvalue weighted by Gasteiger charge is 2.46. The lowest BCUT2D eigenvalue weighted by Gasteiger charge is -2.40. The minimum Gasteiger partial charge on any atom is -0.472 e. The smallest absolute Gasteiger partial charge is 0.253 e. The van der Waals surface area contributed by atoms with Crippen molar-refractivity contribution < 1.29 is 23.1 Å². The van der Waals surface area contributed by atoms with E-state index in [9.17, 15) is 14.0 Å². The van der Waals surface area contributed by atoms with E-state index in [0.29, 0.717) is 43.8 Å². The van der Waals surface area contributed by atoms with Crippen molar-refractivity contribution in [2.45, 2.75) is 18.3 Å². The van der Waals surface area contributed by atoms with Crippen LogP contribution in [0.1, 0.15) is 34.3 Å². The van der Waals surface area contributed by atoms with Crippen molar-refractivity contribution in [2.24, 2.45) is 0 Å². The maximum Gasteiger partial charge on any atom is 0.253 e. The van der Waals surface area contributed by atoms with Crippen molar-refractivity contribution in [3.8, 4) is 11.5 Å². The van der Waals surface area contributed by atoms with Crippen LogP contribution in [0.3, 0.4) is 0 Å². The first-order valence-electron chi connectivity index (χ1n) is 12.9. The van der Waals surface area contributed by atoms with E-state index >= 15 is 0 Å². The van der Waals surface area contributed by atoms with Crippen molar-refractivity contribution in [2.75, 3.05) is 24.5 Å². The van der Waals surface area contributed by atoms with Gasteiger partial charge >= 0.3 is 0 Å². The molecule has 1 fully saturated rings. The Morgan fingerprint density at radius 2 is 1.67 bits per heavy atom. The summed E-state index contributed by atoms with van der Waals surface area (Å²) in [5.41, 5.74) is 2.54. The van der Waals surface area contributed by atoms with Gasteiger partial charge in [0.25, 0.3) is 11.8 Å². The predicted octanol–water partition coefficient (Wildman–Crippen LogP) is 6.45.